The summed E-state index contributed by atoms with van der Waals surface area (Å²) in [5, 5.41) is 6.69. The fraction of sp³-hybridized carbons (Fsp3) is 0.667. The molecule has 4 heteroatoms. The first kappa shape index (κ1) is 12.7. The number of anilines is 2. The fourth-order valence-corrected chi connectivity index (χ4v) is 1.35. The smallest absolute Gasteiger partial charge is 0.134 e. The van der Waals surface area contributed by atoms with E-state index in [0.717, 1.165) is 36.6 Å². The van der Waals surface area contributed by atoms with Crippen molar-refractivity contribution in [1.29, 1.82) is 0 Å². The van der Waals surface area contributed by atoms with E-state index < -0.39 is 0 Å². The van der Waals surface area contributed by atoms with Gasteiger partial charge in [0.05, 0.1) is 0 Å². The number of aromatic nitrogens is 2. The Hall–Kier alpha value is -1.32. The van der Waals surface area contributed by atoms with E-state index in [1.807, 2.05) is 6.92 Å². The van der Waals surface area contributed by atoms with Gasteiger partial charge < -0.3 is 10.6 Å². The Morgan fingerprint density at radius 3 is 2.56 bits per heavy atom. The highest BCUT2D eigenvalue weighted by Gasteiger charge is 2.07. The Morgan fingerprint density at radius 1 is 1.25 bits per heavy atom. The van der Waals surface area contributed by atoms with Gasteiger partial charge in [-0.25, -0.2) is 9.97 Å². The first-order valence-corrected chi connectivity index (χ1v) is 6.01. The van der Waals surface area contributed by atoms with Gasteiger partial charge >= 0.3 is 0 Å². The molecule has 16 heavy (non-hydrogen) atoms. The van der Waals surface area contributed by atoms with Gasteiger partial charge in [0.15, 0.2) is 0 Å². The summed E-state index contributed by atoms with van der Waals surface area (Å²) in [7, 11) is 0. The Bertz CT molecular complexity index is 325. The molecule has 0 aliphatic carbocycles. The summed E-state index contributed by atoms with van der Waals surface area (Å²) < 4.78 is 0. The van der Waals surface area contributed by atoms with Crippen LogP contribution < -0.4 is 10.6 Å². The third-order valence-corrected chi connectivity index (χ3v) is 2.62. The van der Waals surface area contributed by atoms with E-state index in [1.54, 1.807) is 6.33 Å². The molecule has 1 unspecified atom stereocenters. The number of hydrogen-bond donors (Lipinski definition) is 2. The molecule has 2 N–H and O–H groups in total. The topological polar surface area (TPSA) is 49.8 Å². The average molecular weight is 222 g/mol. The van der Waals surface area contributed by atoms with Gasteiger partial charge in [0, 0.05) is 18.2 Å². The molecule has 0 spiro atoms. The zero-order chi connectivity index (χ0) is 12.0. The van der Waals surface area contributed by atoms with Gasteiger partial charge in [-0.15, -0.1) is 0 Å². The van der Waals surface area contributed by atoms with Gasteiger partial charge in [0.2, 0.25) is 0 Å². The standard InChI is InChI=1S/C12H22N4/c1-5-7-13-11-10(4)12(15-8-14-11)16-9(3)6-2/h8-9H,5-7H2,1-4H3,(H2,13,14,15,16). The van der Waals surface area contributed by atoms with E-state index >= 15 is 0 Å². The van der Waals surface area contributed by atoms with Gasteiger partial charge in [0.25, 0.3) is 0 Å². The van der Waals surface area contributed by atoms with Gasteiger partial charge in [-0.1, -0.05) is 13.8 Å². The molecule has 0 fully saturated rings. The lowest BCUT2D eigenvalue weighted by atomic mass is 10.2. The molecule has 0 amide bonds. The van der Waals surface area contributed by atoms with Crippen LogP contribution in [0.15, 0.2) is 6.33 Å². The van der Waals surface area contributed by atoms with E-state index in [9.17, 15) is 0 Å². The lowest BCUT2D eigenvalue weighted by molar-refractivity contribution is 0.757. The number of nitrogens with zero attached hydrogens (tertiary/aromatic N) is 2. The quantitative estimate of drug-likeness (QED) is 0.777. The second-order valence-electron chi connectivity index (χ2n) is 4.08. The fourth-order valence-electron chi connectivity index (χ4n) is 1.35. The van der Waals surface area contributed by atoms with Crippen LogP contribution >= 0.6 is 0 Å². The molecule has 1 heterocycles. The van der Waals surface area contributed by atoms with E-state index in [1.165, 1.54) is 0 Å². The molecule has 0 aliphatic heterocycles. The van der Waals surface area contributed by atoms with Crippen molar-refractivity contribution in [3.05, 3.63) is 11.9 Å². The maximum Gasteiger partial charge on any atom is 0.134 e. The van der Waals surface area contributed by atoms with E-state index in [0.29, 0.717) is 6.04 Å². The zero-order valence-electron chi connectivity index (χ0n) is 10.7. The SMILES string of the molecule is CCCNc1ncnc(NC(C)CC)c1C. The minimum absolute atomic E-state index is 0.438. The van der Waals surface area contributed by atoms with Crippen LogP contribution in [0.3, 0.4) is 0 Å². The van der Waals surface area contributed by atoms with Crippen molar-refractivity contribution in [1.82, 2.24) is 9.97 Å². The van der Waals surface area contributed by atoms with Crippen LogP contribution in [-0.2, 0) is 0 Å². The normalized spacial score (nSPS) is 12.2. The molecule has 1 aromatic rings. The Balaban J connectivity index is 2.77. The Kier molecular flexibility index (Phi) is 5.02. The molecule has 0 radical (unpaired) electrons. The maximum atomic E-state index is 4.27. The number of nitrogens with one attached hydrogen (secondary N) is 2. The second kappa shape index (κ2) is 6.30. The molecule has 1 rings (SSSR count). The summed E-state index contributed by atoms with van der Waals surface area (Å²) in [5.74, 6) is 1.87. The summed E-state index contributed by atoms with van der Waals surface area (Å²) in [6.45, 7) is 9.44. The predicted molar refractivity (Wildman–Crippen MR) is 68.9 cm³/mol. The van der Waals surface area contributed by atoms with Crippen molar-refractivity contribution in [2.75, 3.05) is 17.2 Å². The van der Waals surface area contributed by atoms with Crippen LogP contribution in [0.1, 0.15) is 39.2 Å². The predicted octanol–water partition coefficient (Wildman–Crippen LogP) is 2.82. The zero-order valence-corrected chi connectivity index (χ0v) is 10.7. The van der Waals surface area contributed by atoms with Crippen LogP contribution in [0.5, 0.6) is 0 Å². The Labute approximate surface area is 97.9 Å². The largest absolute Gasteiger partial charge is 0.370 e. The molecule has 0 aromatic carbocycles. The van der Waals surface area contributed by atoms with Crippen molar-refractivity contribution < 1.29 is 0 Å². The minimum Gasteiger partial charge on any atom is -0.370 e. The van der Waals surface area contributed by atoms with Crippen LogP contribution in [0.4, 0.5) is 11.6 Å². The molecule has 1 atom stereocenters. The molecule has 4 nitrogen and oxygen atoms in total. The van der Waals surface area contributed by atoms with Gasteiger partial charge in [-0.2, -0.15) is 0 Å². The lowest BCUT2D eigenvalue weighted by Gasteiger charge is -2.16. The van der Waals surface area contributed by atoms with Crippen molar-refractivity contribution in [2.24, 2.45) is 0 Å². The highest BCUT2D eigenvalue weighted by Crippen LogP contribution is 2.19. The van der Waals surface area contributed by atoms with E-state index in [4.69, 9.17) is 0 Å². The molecule has 0 saturated carbocycles. The molecular formula is C12H22N4. The average Bonchev–Trinajstić information content (AvgIpc) is 2.30. The maximum absolute atomic E-state index is 4.27. The van der Waals surface area contributed by atoms with Gasteiger partial charge in [-0.05, 0) is 26.7 Å². The summed E-state index contributed by atoms with van der Waals surface area (Å²) >= 11 is 0. The second-order valence-corrected chi connectivity index (χ2v) is 4.08. The number of hydrogen-bond acceptors (Lipinski definition) is 4. The molecule has 0 bridgehead atoms. The van der Waals surface area contributed by atoms with Crippen molar-refractivity contribution >= 4 is 11.6 Å². The van der Waals surface area contributed by atoms with Gasteiger partial charge in [0.1, 0.15) is 18.0 Å². The molecule has 0 aliphatic rings. The van der Waals surface area contributed by atoms with Crippen molar-refractivity contribution in [3.8, 4) is 0 Å². The first-order valence-electron chi connectivity index (χ1n) is 6.01. The van der Waals surface area contributed by atoms with Crippen molar-refractivity contribution in [2.45, 2.75) is 46.6 Å². The van der Waals surface area contributed by atoms with Crippen LogP contribution in [0.2, 0.25) is 0 Å². The Morgan fingerprint density at radius 2 is 1.94 bits per heavy atom. The summed E-state index contributed by atoms with van der Waals surface area (Å²) in [6.07, 6.45) is 3.79. The summed E-state index contributed by atoms with van der Waals surface area (Å²) in [5.41, 5.74) is 1.09. The molecular weight excluding hydrogens is 200 g/mol. The van der Waals surface area contributed by atoms with E-state index in [2.05, 4.69) is 41.4 Å². The first-order chi connectivity index (χ1) is 7.69. The highest BCUT2D eigenvalue weighted by atomic mass is 15.1. The lowest BCUT2D eigenvalue weighted by Crippen LogP contribution is -2.16. The van der Waals surface area contributed by atoms with Gasteiger partial charge in [-0.3, -0.25) is 0 Å². The number of rotatable bonds is 6. The minimum atomic E-state index is 0.438. The summed E-state index contributed by atoms with van der Waals surface area (Å²) in [6, 6.07) is 0.438. The molecule has 90 valence electrons. The van der Waals surface area contributed by atoms with E-state index in [-0.39, 0.29) is 0 Å². The monoisotopic (exact) mass is 222 g/mol. The third kappa shape index (κ3) is 3.36. The molecule has 0 saturated heterocycles. The van der Waals surface area contributed by atoms with Crippen LogP contribution in [0, 0.1) is 6.92 Å². The van der Waals surface area contributed by atoms with Crippen molar-refractivity contribution in [3.63, 3.8) is 0 Å². The third-order valence-electron chi connectivity index (χ3n) is 2.62. The molecule has 1 aromatic heterocycles. The summed E-state index contributed by atoms with van der Waals surface area (Å²) in [4.78, 5) is 8.52. The van der Waals surface area contributed by atoms with Crippen LogP contribution in [0.25, 0.3) is 0 Å². The van der Waals surface area contributed by atoms with Crippen LogP contribution in [-0.4, -0.2) is 22.6 Å². The highest BCUT2D eigenvalue weighted by molar-refractivity contribution is 5.56.